The van der Waals surface area contributed by atoms with Crippen LogP contribution in [0.1, 0.15) is 25.8 Å². The lowest BCUT2D eigenvalue weighted by Crippen LogP contribution is -2.17. The number of halogens is 2. The van der Waals surface area contributed by atoms with E-state index in [9.17, 15) is 8.78 Å². The Morgan fingerprint density at radius 1 is 1.31 bits per heavy atom. The fraction of sp³-hybridized carbons (Fsp3) is 0.538. The molecule has 1 aromatic rings. The molecule has 0 fully saturated rings. The predicted molar refractivity (Wildman–Crippen MR) is 62.4 cm³/mol. The molecule has 0 bridgehead atoms. The van der Waals surface area contributed by atoms with Crippen LogP contribution in [0.2, 0.25) is 0 Å². The lowest BCUT2D eigenvalue weighted by molar-refractivity contribution is 0.466. The van der Waals surface area contributed by atoms with Crippen LogP contribution in [0.15, 0.2) is 18.2 Å². The van der Waals surface area contributed by atoms with Crippen LogP contribution in [0.4, 0.5) is 8.78 Å². The minimum Gasteiger partial charge on any atom is -0.317 e. The first kappa shape index (κ1) is 13.1. The number of hydrogen-bond acceptors (Lipinski definition) is 1. The molecule has 0 aliphatic rings. The third kappa shape index (κ3) is 3.89. The summed E-state index contributed by atoms with van der Waals surface area (Å²) in [4.78, 5) is 0. The van der Waals surface area contributed by atoms with Gasteiger partial charge in [0, 0.05) is 0 Å². The molecule has 0 spiro atoms. The molecule has 0 saturated heterocycles. The van der Waals surface area contributed by atoms with Crippen molar-refractivity contribution >= 4 is 0 Å². The summed E-state index contributed by atoms with van der Waals surface area (Å²) in [5.41, 5.74) is 0.476. The molecule has 0 aliphatic carbocycles. The number of benzene rings is 1. The van der Waals surface area contributed by atoms with Crippen molar-refractivity contribution in [3.63, 3.8) is 0 Å². The third-order valence-corrected chi connectivity index (χ3v) is 2.66. The molecule has 0 saturated carbocycles. The second kappa shape index (κ2) is 6.59. The molecule has 0 radical (unpaired) electrons. The van der Waals surface area contributed by atoms with E-state index in [1.165, 1.54) is 0 Å². The van der Waals surface area contributed by atoms with Crippen molar-refractivity contribution in [2.45, 2.75) is 26.7 Å². The second-order valence-corrected chi connectivity index (χ2v) is 4.16. The van der Waals surface area contributed by atoms with Crippen molar-refractivity contribution in [1.29, 1.82) is 0 Å². The minimum absolute atomic E-state index is 0.357. The SMILES string of the molecule is CCNCCC(C)Cc1cccc(F)c1F. The van der Waals surface area contributed by atoms with Gasteiger partial charge in [0.15, 0.2) is 11.6 Å². The molecule has 3 heteroatoms. The maximum Gasteiger partial charge on any atom is 0.162 e. The monoisotopic (exact) mass is 227 g/mol. The molecule has 1 N–H and O–H groups in total. The van der Waals surface area contributed by atoms with Gasteiger partial charge in [-0.25, -0.2) is 8.78 Å². The maximum absolute atomic E-state index is 13.4. The van der Waals surface area contributed by atoms with Gasteiger partial charge in [0.2, 0.25) is 0 Å². The van der Waals surface area contributed by atoms with E-state index in [0.29, 0.717) is 17.9 Å². The van der Waals surface area contributed by atoms with E-state index in [4.69, 9.17) is 0 Å². The van der Waals surface area contributed by atoms with Gasteiger partial charge in [-0.05, 0) is 43.5 Å². The average molecular weight is 227 g/mol. The van der Waals surface area contributed by atoms with Gasteiger partial charge in [-0.2, -0.15) is 0 Å². The van der Waals surface area contributed by atoms with Crippen molar-refractivity contribution in [3.8, 4) is 0 Å². The molecular formula is C13H19F2N. The Hall–Kier alpha value is -0.960. The summed E-state index contributed by atoms with van der Waals surface area (Å²) >= 11 is 0. The van der Waals surface area contributed by atoms with Gasteiger partial charge in [0.05, 0.1) is 0 Å². The summed E-state index contributed by atoms with van der Waals surface area (Å²) < 4.78 is 26.3. The van der Waals surface area contributed by atoms with E-state index >= 15 is 0 Å². The van der Waals surface area contributed by atoms with Crippen molar-refractivity contribution in [1.82, 2.24) is 5.32 Å². The molecule has 1 rings (SSSR count). The van der Waals surface area contributed by atoms with Crippen LogP contribution in [0.3, 0.4) is 0 Å². The average Bonchev–Trinajstić information content (AvgIpc) is 2.25. The molecular weight excluding hydrogens is 208 g/mol. The van der Waals surface area contributed by atoms with E-state index in [1.54, 1.807) is 12.1 Å². The first-order valence-electron chi connectivity index (χ1n) is 5.78. The first-order valence-corrected chi connectivity index (χ1v) is 5.78. The van der Waals surface area contributed by atoms with Gasteiger partial charge < -0.3 is 5.32 Å². The maximum atomic E-state index is 13.4. The molecule has 0 aliphatic heterocycles. The van der Waals surface area contributed by atoms with Crippen molar-refractivity contribution in [2.75, 3.05) is 13.1 Å². The van der Waals surface area contributed by atoms with Crippen LogP contribution >= 0.6 is 0 Å². The van der Waals surface area contributed by atoms with E-state index in [-0.39, 0.29) is 0 Å². The van der Waals surface area contributed by atoms with Crippen LogP contribution in [0.5, 0.6) is 0 Å². The van der Waals surface area contributed by atoms with Gasteiger partial charge in [-0.3, -0.25) is 0 Å². The van der Waals surface area contributed by atoms with E-state index < -0.39 is 11.6 Å². The largest absolute Gasteiger partial charge is 0.317 e. The zero-order valence-corrected chi connectivity index (χ0v) is 9.89. The predicted octanol–water partition coefficient (Wildman–Crippen LogP) is 3.14. The highest BCUT2D eigenvalue weighted by Crippen LogP contribution is 2.16. The summed E-state index contributed by atoms with van der Waals surface area (Å²) in [6.45, 7) is 5.98. The van der Waals surface area contributed by atoms with E-state index in [1.807, 2.05) is 0 Å². The molecule has 16 heavy (non-hydrogen) atoms. The molecule has 0 heterocycles. The van der Waals surface area contributed by atoms with Crippen LogP contribution in [-0.4, -0.2) is 13.1 Å². The Balaban J connectivity index is 2.49. The molecule has 1 unspecified atom stereocenters. The smallest absolute Gasteiger partial charge is 0.162 e. The summed E-state index contributed by atoms with van der Waals surface area (Å²) in [6, 6.07) is 4.37. The highest BCUT2D eigenvalue weighted by atomic mass is 19.2. The van der Waals surface area contributed by atoms with Crippen LogP contribution in [0, 0.1) is 17.6 Å². The second-order valence-electron chi connectivity index (χ2n) is 4.16. The van der Waals surface area contributed by atoms with Gasteiger partial charge in [-0.15, -0.1) is 0 Å². The fourth-order valence-electron chi connectivity index (χ4n) is 1.71. The molecule has 90 valence electrons. The Morgan fingerprint density at radius 2 is 2.06 bits per heavy atom. The van der Waals surface area contributed by atoms with E-state index in [0.717, 1.165) is 25.6 Å². The van der Waals surface area contributed by atoms with E-state index in [2.05, 4.69) is 19.2 Å². The minimum atomic E-state index is -0.753. The molecule has 0 amide bonds. The topological polar surface area (TPSA) is 12.0 Å². The normalized spacial score (nSPS) is 12.8. The fourth-order valence-corrected chi connectivity index (χ4v) is 1.71. The lowest BCUT2D eigenvalue weighted by Gasteiger charge is -2.12. The Morgan fingerprint density at radius 3 is 2.75 bits per heavy atom. The molecule has 1 aromatic carbocycles. The Bertz CT molecular complexity index is 326. The van der Waals surface area contributed by atoms with Crippen molar-refractivity contribution in [3.05, 3.63) is 35.4 Å². The summed E-state index contributed by atoms with van der Waals surface area (Å²) in [5, 5.41) is 3.22. The van der Waals surface area contributed by atoms with Crippen molar-refractivity contribution in [2.24, 2.45) is 5.92 Å². The molecule has 1 atom stereocenters. The number of rotatable bonds is 6. The summed E-state index contributed by atoms with van der Waals surface area (Å²) in [5.74, 6) is -1.09. The lowest BCUT2D eigenvalue weighted by atomic mass is 9.97. The quantitative estimate of drug-likeness (QED) is 0.736. The van der Waals surface area contributed by atoms with Crippen LogP contribution in [-0.2, 0) is 6.42 Å². The van der Waals surface area contributed by atoms with Crippen molar-refractivity contribution < 1.29 is 8.78 Å². The van der Waals surface area contributed by atoms with Crippen LogP contribution < -0.4 is 5.32 Å². The Labute approximate surface area is 95.9 Å². The number of nitrogens with one attached hydrogen (secondary N) is 1. The van der Waals surface area contributed by atoms with Gasteiger partial charge >= 0.3 is 0 Å². The highest BCUT2D eigenvalue weighted by Gasteiger charge is 2.10. The standard InChI is InChI=1S/C13H19F2N/c1-3-16-8-7-10(2)9-11-5-4-6-12(14)13(11)15/h4-6,10,16H,3,7-9H2,1-2H3. The number of hydrogen-bond donors (Lipinski definition) is 1. The summed E-state index contributed by atoms with van der Waals surface area (Å²) in [6.07, 6.45) is 1.57. The molecule has 0 aromatic heterocycles. The zero-order valence-electron chi connectivity index (χ0n) is 9.89. The van der Waals surface area contributed by atoms with Crippen LogP contribution in [0.25, 0.3) is 0 Å². The van der Waals surface area contributed by atoms with Gasteiger partial charge in [0.25, 0.3) is 0 Å². The zero-order chi connectivity index (χ0) is 12.0. The summed E-state index contributed by atoms with van der Waals surface area (Å²) in [7, 11) is 0. The highest BCUT2D eigenvalue weighted by molar-refractivity contribution is 5.19. The molecule has 1 nitrogen and oxygen atoms in total. The Kier molecular flexibility index (Phi) is 5.39. The van der Waals surface area contributed by atoms with Gasteiger partial charge in [0.1, 0.15) is 0 Å². The first-order chi connectivity index (χ1) is 7.65. The third-order valence-electron chi connectivity index (χ3n) is 2.66. The van der Waals surface area contributed by atoms with Gasteiger partial charge in [-0.1, -0.05) is 26.0 Å².